The predicted octanol–water partition coefficient (Wildman–Crippen LogP) is 6.56. The van der Waals surface area contributed by atoms with E-state index in [1.807, 2.05) is 0 Å². The molecule has 0 fully saturated rings. The van der Waals surface area contributed by atoms with Gasteiger partial charge in [-0.25, -0.2) is 0 Å². The fourth-order valence-electron chi connectivity index (χ4n) is 2.26. The summed E-state index contributed by atoms with van der Waals surface area (Å²) in [5, 5.41) is 0. The second-order valence-electron chi connectivity index (χ2n) is 6.34. The quantitative estimate of drug-likeness (QED) is 0.531. The Morgan fingerprint density at radius 2 is 1.32 bits per heavy atom. The third kappa shape index (κ3) is 4.27. The van der Waals surface area contributed by atoms with Crippen LogP contribution < -0.4 is 0 Å². The summed E-state index contributed by atoms with van der Waals surface area (Å²) in [5.74, 6) is 3.05. The van der Waals surface area contributed by atoms with Gasteiger partial charge in [0.05, 0.1) is 0 Å². The molecule has 0 saturated carbocycles. The van der Waals surface area contributed by atoms with Crippen molar-refractivity contribution in [2.45, 2.75) is 77.5 Å². The van der Waals surface area contributed by atoms with Gasteiger partial charge < -0.3 is 0 Å². The van der Waals surface area contributed by atoms with Crippen LogP contribution in [0.4, 0.5) is 0 Å². The molecule has 0 aliphatic carbocycles. The van der Waals surface area contributed by atoms with Crippen LogP contribution in [0.15, 0.2) is 17.0 Å². The average molecular weight is 279 g/mol. The first-order chi connectivity index (χ1) is 8.88. The van der Waals surface area contributed by atoms with Gasteiger partial charge in [0.25, 0.3) is 0 Å². The van der Waals surface area contributed by atoms with Gasteiger partial charge in [-0.15, -0.1) is 11.8 Å². The number of hydrogen-bond acceptors (Lipinski definition) is 1. The van der Waals surface area contributed by atoms with Crippen molar-refractivity contribution in [3.8, 4) is 0 Å². The van der Waals surface area contributed by atoms with Crippen molar-refractivity contribution in [3.63, 3.8) is 0 Å². The van der Waals surface area contributed by atoms with E-state index >= 15 is 0 Å². The molecule has 0 aromatic heterocycles. The largest absolute Gasteiger partial charge is 0.126 e. The summed E-state index contributed by atoms with van der Waals surface area (Å²) < 4.78 is 0. The first kappa shape index (κ1) is 16.6. The molecule has 1 rings (SSSR count). The summed E-state index contributed by atoms with van der Waals surface area (Å²) >= 11 is 2.05. The van der Waals surface area contributed by atoms with Crippen LogP contribution in [0.2, 0.25) is 0 Å². The monoisotopic (exact) mass is 278 g/mol. The number of hydrogen-bond donors (Lipinski definition) is 0. The molecule has 0 aliphatic heterocycles. The van der Waals surface area contributed by atoms with E-state index in [1.54, 1.807) is 16.0 Å². The molecule has 0 spiro atoms. The smallest absolute Gasteiger partial charge is 0.0141 e. The predicted molar refractivity (Wildman–Crippen MR) is 89.7 cm³/mol. The summed E-state index contributed by atoms with van der Waals surface area (Å²) in [7, 11) is 0. The Bertz CT molecular complexity index is 373. The van der Waals surface area contributed by atoms with Crippen LogP contribution >= 0.6 is 11.8 Å². The normalized spacial score (nSPS) is 11.9. The van der Waals surface area contributed by atoms with Crippen LogP contribution in [0, 0.1) is 0 Å². The van der Waals surface area contributed by atoms with Crippen molar-refractivity contribution in [2.75, 3.05) is 5.75 Å². The molecule has 1 heteroatoms. The number of rotatable bonds is 6. The van der Waals surface area contributed by atoms with Gasteiger partial charge in [-0.2, -0.15) is 0 Å². The molecule has 0 atom stereocenters. The minimum atomic E-state index is 0.607. The number of thioether (sulfide) groups is 1. The lowest BCUT2D eigenvalue weighted by Crippen LogP contribution is -2.03. The molecular formula is C18H30S. The van der Waals surface area contributed by atoms with Gasteiger partial charge >= 0.3 is 0 Å². The molecule has 108 valence electrons. The molecule has 0 radical (unpaired) electrons. The van der Waals surface area contributed by atoms with Gasteiger partial charge in [0, 0.05) is 4.90 Å². The molecule has 19 heavy (non-hydrogen) atoms. The second kappa shape index (κ2) is 7.38. The Kier molecular flexibility index (Phi) is 6.46. The van der Waals surface area contributed by atoms with Gasteiger partial charge in [-0.05, 0) is 46.6 Å². The Balaban J connectivity index is 3.37. The van der Waals surface area contributed by atoms with E-state index in [9.17, 15) is 0 Å². The van der Waals surface area contributed by atoms with E-state index < -0.39 is 0 Å². The molecular weight excluding hydrogens is 248 g/mol. The molecule has 0 N–H and O–H groups in total. The van der Waals surface area contributed by atoms with Crippen LogP contribution in [0.5, 0.6) is 0 Å². The van der Waals surface area contributed by atoms with Gasteiger partial charge in [0.2, 0.25) is 0 Å². The molecule has 0 unspecified atom stereocenters. The SMILES string of the molecule is CCCSc1c(C(C)C)cc(C(C)C)cc1C(C)C. The maximum absolute atomic E-state index is 2.44. The highest BCUT2D eigenvalue weighted by atomic mass is 32.2. The average Bonchev–Trinajstić information content (AvgIpc) is 2.34. The van der Waals surface area contributed by atoms with Crippen LogP contribution in [0.25, 0.3) is 0 Å². The molecule has 0 amide bonds. The van der Waals surface area contributed by atoms with E-state index in [0.717, 1.165) is 0 Å². The van der Waals surface area contributed by atoms with Gasteiger partial charge in [0.1, 0.15) is 0 Å². The highest BCUT2D eigenvalue weighted by Gasteiger charge is 2.17. The summed E-state index contributed by atoms with van der Waals surface area (Å²) in [6.07, 6.45) is 1.24. The second-order valence-corrected chi connectivity index (χ2v) is 7.45. The Hall–Kier alpha value is -0.430. The van der Waals surface area contributed by atoms with E-state index in [1.165, 1.54) is 17.7 Å². The molecule has 0 nitrogen and oxygen atoms in total. The summed E-state index contributed by atoms with van der Waals surface area (Å²) in [6.45, 7) is 16.1. The van der Waals surface area contributed by atoms with E-state index in [-0.39, 0.29) is 0 Å². The highest BCUT2D eigenvalue weighted by molar-refractivity contribution is 7.99. The fourth-order valence-corrected chi connectivity index (χ4v) is 3.59. The first-order valence-electron chi connectivity index (χ1n) is 7.68. The zero-order chi connectivity index (χ0) is 14.6. The minimum Gasteiger partial charge on any atom is -0.126 e. The van der Waals surface area contributed by atoms with E-state index in [0.29, 0.717) is 17.8 Å². The van der Waals surface area contributed by atoms with E-state index in [2.05, 4.69) is 72.4 Å². The minimum absolute atomic E-state index is 0.607. The third-order valence-corrected chi connectivity index (χ3v) is 4.90. The zero-order valence-corrected chi connectivity index (χ0v) is 14.5. The standard InChI is InChI=1S/C18H30S/c1-8-9-19-18-16(13(4)5)10-15(12(2)3)11-17(18)14(6)7/h10-14H,8-9H2,1-7H3. The summed E-state index contributed by atoms with van der Waals surface area (Å²) in [4.78, 5) is 1.55. The van der Waals surface area contributed by atoms with Crippen molar-refractivity contribution < 1.29 is 0 Å². The van der Waals surface area contributed by atoms with Gasteiger partial charge in [0.15, 0.2) is 0 Å². The van der Waals surface area contributed by atoms with Crippen LogP contribution in [-0.4, -0.2) is 5.75 Å². The first-order valence-corrected chi connectivity index (χ1v) is 8.67. The lowest BCUT2D eigenvalue weighted by Gasteiger charge is -2.22. The Labute approximate surface area is 124 Å². The van der Waals surface area contributed by atoms with Crippen LogP contribution in [-0.2, 0) is 0 Å². The molecule has 0 saturated heterocycles. The Morgan fingerprint density at radius 3 is 1.63 bits per heavy atom. The van der Waals surface area contributed by atoms with Crippen molar-refractivity contribution in [2.24, 2.45) is 0 Å². The molecule has 0 bridgehead atoms. The molecule has 1 aromatic rings. The molecule has 0 heterocycles. The molecule has 0 aliphatic rings. The highest BCUT2D eigenvalue weighted by Crippen LogP contribution is 2.38. The van der Waals surface area contributed by atoms with Gasteiger partial charge in [-0.3, -0.25) is 0 Å². The van der Waals surface area contributed by atoms with Crippen LogP contribution in [0.1, 0.15) is 89.3 Å². The lowest BCUT2D eigenvalue weighted by molar-refractivity contribution is 0.771. The fraction of sp³-hybridized carbons (Fsp3) is 0.667. The maximum Gasteiger partial charge on any atom is 0.0141 e. The topological polar surface area (TPSA) is 0 Å². The summed E-state index contributed by atoms with van der Waals surface area (Å²) in [6, 6.07) is 4.89. The van der Waals surface area contributed by atoms with Crippen molar-refractivity contribution >= 4 is 11.8 Å². The third-order valence-electron chi connectivity index (χ3n) is 3.53. The van der Waals surface area contributed by atoms with Crippen molar-refractivity contribution in [3.05, 3.63) is 28.8 Å². The Morgan fingerprint density at radius 1 is 0.842 bits per heavy atom. The lowest BCUT2D eigenvalue weighted by atomic mass is 9.89. The van der Waals surface area contributed by atoms with Crippen LogP contribution in [0.3, 0.4) is 0 Å². The van der Waals surface area contributed by atoms with Gasteiger partial charge in [-0.1, -0.05) is 60.6 Å². The van der Waals surface area contributed by atoms with E-state index in [4.69, 9.17) is 0 Å². The molecule has 1 aromatic carbocycles. The van der Waals surface area contributed by atoms with Crippen molar-refractivity contribution in [1.29, 1.82) is 0 Å². The van der Waals surface area contributed by atoms with Crippen molar-refractivity contribution in [1.82, 2.24) is 0 Å². The number of benzene rings is 1. The maximum atomic E-state index is 2.44. The zero-order valence-electron chi connectivity index (χ0n) is 13.7. The summed E-state index contributed by atoms with van der Waals surface area (Å²) in [5.41, 5.74) is 4.59.